The molecule has 1 saturated heterocycles. The van der Waals surface area contributed by atoms with E-state index in [2.05, 4.69) is 21.4 Å². The van der Waals surface area contributed by atoms with Crippen LogP contribution in [0.4, 0.5) is 0 Å². The molecule has 1 aliphatic carbocycles. The van der Waals surface area contributed by atoms with Gasteiger partial charge in [-0.15, -0.1) is 0 Å². The Balaban J connectivity index is 1.68. The summed E-state index contributed by atoms with van der Waals surface area (Å²) in [4.78, 5) is 6.81. The Morgan fingerprint density at radius 1 is 1.53 bits per heavy atom. The fourth-order valence-corrected chi connectivity index (χ4v) is 2.87. The minimum absolute atomic E-state index is 0.555. The number of aliphatic hydroxyl groups is 1. The normalized spacial score (nSPS) is 30.0. The van der Waals surface area contributed by atoms with Crippen LogP contribution < -0.4 is 0 Å². The first-order valence-electron chi connectivity index (χ1n) is 6.67. The number of likely N-dealkylation sites (tertiary alicyclic amines) is 1. The number of aromatic nitrogens is 2. The summed E-state index contributed by atoms with van der Waals surface area (Å²) >= 11 is 0. The predicted molar refractivity (Wildman–Crippen MR) is 65.8 cm³/mol. The van der Waals surface area contributed by atoms with Crippen LogP contribution in [0.3, 0.4) is 0 Å². The minimum atomic E-state index is -0.555. The Morgan fingerprint density at radius 2 is 2.35 bits per heavy atom. The zero-order valence-corrected chi connectivity index (χ0v) is 10.5. The van der Waals surface area contributed by atoms with Crippen molar-refractivity contribution in [3.63, 3.8) is 0 Å². The summed E-state index contributed by atoms with van der Waals surface area (Å²) in [5.74, 6) is 1.02. The second-order valence-corrected chi connectivity index (χ2v) is 5.48. The van der Waals surface area contributed by atoms with Crippen molar-refractivity contribution in [3.05, 3.63) is 18.2 Å². The summed E-state index contributed by atoms with van der Waals surface area (Å²) in [7, 11) is 0. The van der Waals surface area contributed by atoms with Gasteiger partial charge in [-0.3, -0.25) is 4.90 Å². The highest BCUT2D eigenvalue weighted by atomic mass is 16.3. The first-order valence-corrected chi connectivity index (χ1v) is 6.67. The summed E-state index contributed by atoms with van der Waals surface area (Å²) in [5, 5.41) is 10.6. The van der Waals surface area contributed by atoms with Gasteiger partial charge in [0.25, 0.3) is 0 Å². The van der Waals surface area contributed by atoms with Crippen molar-refractivity contribution in [2.75, 3.05) is 13.1 Å². The average molecular weight is 235 g/mol. The molecule has 1 saturated carbocycles. The van der Waals surface area contributed by atoms with Crippen molar-refractivity contribution < 1.29 is 5.11 Å². The average Bonchev–Trinajstić information content (AvgIpc) is 2.96. The van der Waals surface area contributed by atoms with Crippen molar-refractivity contribution >= 4 is 0 Å². The SMILES string of the molecule is CCn1ccnc1CC1(O)CCN(C2CC2)C1. The maximum atomic E-state index is 10.6. The van der Waals surface area contributed by atoms with Gasteiger partial charge in [0.05, 0.1) is 5.60 Å². The Kier molecular flexibility index (Phi) is 2.71. The lowest BCUT2D eigenvalue weighted by molar-refractivity contribution is 0.0460. The molecule has 94 valence electrons. The number of imidazole rings is 1. The summed E-state index contributed by atoms with van der Waals surface area (Å²) in [6.45, 7) is 4.92. The van der Waals surface area contributed by atoms with Gasteiger partial charge in [0.1, 0.15) is 5.82 Å². The van der Waals surface area contributed by atoms with E-state index in [9.17, 15) is 5.11 Å². The lowest BCUT2D eigenvalue weighted by Crippen LogP contribution is -2.37. The molecule has 17 heavy (non-hydrogen) atoms. The Bertz CT molecular complexity index is 399. The van der Waals surface area contributed by atoms with Crippen LogP contribution in [-0.4, -0.2) is 44.3 Å². The number of nitrogens with zero attached hydrogens (tertiary/aromatic N) is 3. The summed E-state index contributed by atoms with van der Waals surface area (Å²) in [6.07, 6.45) is 8.04. The van der Waals surface area contributed by atoms with Crippen LogP contribution >= 0.6 is 0 Å². The molecule has 0 amide bonds. The van der Waals surface area contributed by atoms with Gasteiger partial charge in [0.15, 0.2) is 0 Å². The van der Waals surface area contributed by atoms with Crippen LogP contribution in [0.1, 0.15) is 32.0 Å². The molecule has 1 aromatic heterocycles. The number of hydrogen-bond donors (Lipinski definition) is 1. The van der Waals surface area contributed by atoms with Gasteiger partial charge in [0.2, 0.25) is 0 Å². The number of aryl methyl sites for hydroxylation is 1. The van der Waals surface area contributed by atoms with Crippen molar-refractivity contribution in [1.29, 1.82) is 0 Å². The molecule has 2 fully saturated rings. The molecule has 0 bridgehead atoms. The number of β-amino-alcohol motifs (C(OH)–C–C–N with tert-alkyl or cyclic N) is 1. The van der Waals surface area contributed by atoms with E-state index in [-0.39, 0.29) is 0 Å². The third kappa shape index (κ3) is 2.24. The predicted octanol–water partition coefficient (Wildman–Crippen LogP) is 1.04. The molecule has 2 heterocycles. The van der Waals surface area contributed by atoms with Crippen molar-refractivity contribution in [2.45, 2.75) is 50.8 Å². The molecule has 1 aliphatic heterocycles. The third-order valence-electron chi connectivity index (χ3n) is 4.05. The monoisotopic (exact) mass is 235 g/mol. The van der Waals surface area contributed by atoms with E-state index in [1.807, 2.05) is 12.4 Å². The second kappa shape index (κ2) is 4.10. The van der Waals surface area contributed by atoms with Crippen LogP contribution in [0.25, 0.3) is 0 Å². The van der Waals surface area contributed by atoms with E-state index in [0.29, 0.717) is 6.42 Å². The smallest absolute Gasteiger partial charge is 0.111 e. The first-order chi connectivity index (χ1) is 8.20. The molecular formula is C13H21N3O. The van der Waals surface area contributed by atoms with E-state index in [1.54, 1.807) is 0 Å². The highest BCUT2D eigenvalue weighted by molar-refractivity contribution is 5.04. The molecule has 2 aliphatic rings. The lowest BCUT2D eigenvalue weighted by Gasteiger charge is -2.23. The van der Waals surface area contributed by atoms with Gasteiger partial charge in [-0.1, -0.05) is 0 Å². The molecule has 0 spiro atoms. The van der Waals surface area contributed by atoms with Gasteiger partial charge < -0.3 is 9.67 Å². The first kappa shape index (κ1) is 11.2. The zero-order chi connectivity index (χ0) is 11.9. The van der Waals surface area contributed by atoms with Crippen molar-refractivity contribution in [1.82, 2.24) is 14.5 Å². The standard InChI is InChI=1S/C13H21N3O/c1-2-15-8-6-14-12(15)9-13(17)5-7-16(10-13)11-3-4-11/h6,8,11,17H,2-5,7,9-10H2,1H3. The highest BCUT2D eigenvalue weighted by Crippen LogP contribution is 2.34. The third-order valence-corrected chi connectivity index (χ3v) is 4.05. The molecule has 4 heteroatoms. The topological polar surface area (TPSA) is 41.3 Å². The van der Waals surface area contributed by atoms with Gasteiger partial charge in [-0.2, -0.15) is 0 Å². The van der Waals surface area contributed by atoms with Crippen LogP contribution in [0.5, 0.6) is 0 Å². The number of hydrogen-bond acceptors (Lipinski definition) is 3. The molecule has 1 unspecified atom stereocenters. The van der Waals surface area contributed by atoms with Crippen LogP contribution in [0, 0.1) is 0 Å². The summed E-state index contributed by atoms with van der Waals surface area (Å²) < 4.78 is 2.12. The van der Waals surface area contributed by atoms with Gasteiger partial charge in [-0.05, 0) is 26.2 Å². The summed E-state index contributed by atoms with van der Waals surface area (Å²) in [5.41, 5.74) is -0.555. The van der Waals surface area contributed by atoms with Gasteiger partial charge in [-0.25, -0.2) is 4.98 Å². The quantitative estimate of drug-likeness (QED) is 0.848. The number of rotatable bonds is 4. The van der Waals surface area contributed by atoms with Crippen molar-refractivity contribution in [3.8, 4) is 0 Å². The molecule has 0 radical (unpaired) electrons. The van der Waals surface area contributed by atoms with Crippen LogP contribution in [-0.2, 0) is 13.0 Å². The van der Waals surface area contributed by atoms with E-state index in [1.165, 1.54) is 12.8 Å². The highest BCUT2D eigenvalue weighted by Gasteiger charge is 2.42. The lowest BCUT2D eigenvalue weighted by atomic mass is 9.98. The zero-order valence-electron chi connectivity index (χ0n) is 10.5. The Labute approximate surface area is 102 Å². The van der Waals surface area contributed by atoms with E-state index in [4.69, 9.17) is 0 Å². The molecule has 4 nitrogen and oxygen atoms in total. The van der Waals surface area contributed by atoms with E-state index in [0.717, 1.165) is 37.9 Å². The summed E-state index contributed by atoms with van der Waals surface area (Å²) in [6, 6.07) is 0.759. The second-order valence-electron chi connectivity index (χ2n) is 5.48. The molecule has 0 aromatic carbocycles. The van der Waals surface area contributed by atoms with Gasteiger partial charge >= 0.3 is 0 Å². The maximum Gasteiger partial charge on any atom is 0.111 e. The largest absolute Gasteiger partial charge is 0.388 e. The van der Waals surface area contributed by atoms with Gasteiger partial charge in [0, 0.05) is 44.5 Å². The van der Waals surface area contributed by atoms with E-state index >= 15 is 0 Å². The van der Waals surface area contributed by atoms with Crippen LogP contribution in [0.15, 0.2) is 12.4 Å². The molecule has 1 N–H and O–H groups in total. The maximum absolute atomic E-state index is 10.6. The Morgan fingerprint density at radius 3 is 3.06 bits per heavy atom. The Hall–Kier alpha value is -0.870. The fourth-order valence-electron chi connectivity index (χ4n) is 2.87. The molecule has 3 rings (SSSR count). The van der Waals surface area contributed by atoms with Crippen LogP contribution in [0.2, 0.25) is 0 Å². The van der Waals surface area contributed by atoms with Crippen molar-refractivity contribution in [2.24, 2.45) is 0 Å². The molecule has 1 atom stereocenters. The minimum Gasteiger partial charge on any atom is -0.388 e. The fraction of sp³-hybridized carbons (Fsp3) is 0.769. The molecule has 1 aromatic rings. The van der Waals surface area contributed by atoms with E-state index < -0.39 is 5.60 Å². The molecular weight excluding hydrogens is 214 g/mol.